The Balaban J connectivity index is 2.27. The minimum atomic E-state index is -0.120. The van der Waals surface area contributed by atoms with Gasteiger partial charge in [-0.2, -0.15) is 0 Å². The van der Waals surface area contributed by atoms with E-state index in [1.807, 2.05) is 14.0 Å². The molecule has 0 saturated heterocycles. The van der Waals surface area contributed by atoms with Crippen molar-refractivity contribution < 1.29 is 4.79 Å². The van der Waals surface area contributed by atoms with Crippen molar-refractivity contribution in [3.63, 3.8) is 0 Å². The molecule has 0 aliphatic heterocycles. The zero-order chi connectivity index (χ0) is 9.84. The summed E-state index contributed by atoms with van der Waals surface area (Å²) in [4.78, 5) is 13.2. The van der Waals surface area contributed by atoms with Crippen molar-refractivity contribution in [1.82, 2.24) is 10.3 Å². The Morgan fingerprint density at radius 2 is 2.31 bits per heavy atom. The number of nitrogens with one attached hydrogen (secondary N) is 1. The fourth-order valence-corrected chi connectivity index (χ4v) is 1.56. The van der Waals surface area contributed by atoms with Gasteiger partial charge in [0.1, 0.15) is 0 Å². The van der Waals surface area contributed by atoms with Crippen molar-refractivity contribution in [3.8, 4) is 0 Å². The first kappa shape index (κ1) is 10.5. The van der Waals surface area contributed by atoms with Gasteiger partial charge in [0.25, 0.3) is 5.91 Å². The number of amides is 1. The lowest BCUT2D eigenvalue weighted by Crippen LogP contribution is -2.47. The van der Waals surface area contributed by atoms with E-state index in [0.29, 0.717) is 0 Å². The van der Waals surface area contributed by atoms with Gasteiger partial charge in [-0.25, -0.2) is 5.84 Å². The van der Waals surface area contributed by atoms with Crippen molar-refractivity contribution in [3.05, 3.63) is 0 Å². The van der Waals surface area contributed by atoms with Gasteiger partial charge in [0.2, 0.25) is 0 Å². The molecule has 1 saturated carbocycles. The predicted octanol–water partition coefficient (Wildman–Crippen LogP) is 0.0967. The van der Waals surface area contributed by atoms with Gasteiger partial charge in [-0.15, -0.1) is 0 Å². The molecule has 1 fully saturated rings. The van der Waals surface area contributed by atoms with Crippen molar-refractivity contribution in [2.24, 2.45) is 11.8 Å². The number of rotatable bonds is 4. The summed E-state index contributed by atoms with van der Waals surface area (Å²) in [5, 5.41) is 0. The Morgan fingerprint density at radius 3 is 2.69 bits per heavy atom. The molecule has 13 heavy (non-hydrogen) atoms. The molecular weight excluding hydrogens is 166 g/mol. The Kier molecular flexibility index (Phi) is 3.69. The van der Waals surface area contributed by atoms with E-state index in [4.69, 9.17) is 5.84 Å². The van der Waals surface area contributed by atoms with Gasteiger partial charge in [0, 0.05) is 6.54 Å². The maximum atomic E-state index is 11.2. The summed E-state index contributed by atoms with van der Waals surface area (Å²) in [5.41, 5.74) is 2.17. The Bertz CT molecular complexity index is 180. The van der Waals surface area contributed by atoms with Crippen LogP contribution in [0.2, 0.25) is 0 Å². The van der Waals surface area contributed by atoms with Crippen LogP contribution in [0.15, 0.2) is 0 Å². The summed E-state index contributed by atoms with van der Waals surface area (Å²) in [6.45, 7) is 2.88. The number of carbonyl (C=O) groups excluding carboxylic acids is 1. The van der Waals surface area contributed by atoms with E-state index in [1.54, 1.807) is 0 Å². The molecular formula is C9H19N3O. The largest absolute Gasteiger partial charge is 0.295 e. The average Bonchev–Trinajstić information content (AvgIpc) is 2.08. The lowest BCUT2D eigenvalue weighted by molar-refractivity contribution is -0.125. The molecule has 4 nitrogen and oxygen atoms in total. The molecule has 1 amide bonds. The molecule has 1 unspecified atom stereocenters. The van der Waals surface area contributed by atoms with Gasteiger partial charge in [-0.05, 0) is 32.7 Å². The SMILES string of the molecule is CC(C(=O)NN)N(C)CC1CCC1. The van der Waals surface area contributed by atoms with Crippen molar-refractivity contribution in [1.29, 1.82) is 0 Å². The maximum Gasteiger partial charge on any atom is 0.250 e. The smallest absolute Gasteiger partial charge is 0.250 e. The van der Waals surface area contributed by atoms with Gasteiger partial charge in [-0.1, -0.05) is 6.42 Å². The molecule has 4 heteroatoms. The van der Waals surface area contributed by atoms with Crippen molar-refractivity contribution in [2.75, 3.05) is 13.6 Å². The molecule has 1 aliphatic carbocycles. The molecule has 1 atom stereocenters. The Morgan fingerprint density at radius 1 is 1.69 bits per heavy atom. The quantitative estimate of drug-likeness (QED) is 0.371. The highest BCUT2D eigenvalue weighted by atomic mass is 16.2. The number of hydrogen-bond acceptors (Lipinski definition) is 3. The van der Waals surface area contributed by atoms with Crippen LogP contribution in [-0.4, -0.2) is 30.4 Å². The van der Waals surface area contributed by atoms with E-state index in [2.05, 4.69) is 10.3 Å². The van der Waals surface area contributed by atoms with Crippen LogP contribution in [0.5, 0.6) is 0 Å². The van der Waals surface area contributed by atoms with E-state index in [0.717, 1.165) is 12.5 Å². The third kappa shape index (κ3) is 2.67. The van der Waals surface area contributed by atoms with Crippen LogP contribution in [0.4, 0.5) is 0 Å². The van der Waals surface area contributed by atoms with Gasteiger partial charge in [0.05, 0.1) is 6.04 Å². The van der Waals surface area contributed by atoms with Gasteiger partial charge < -0.3 is 0 Å². The summed E-state index contributed by atoms with van der Waals surface area (Å²) >= 11 is 0. The molecule has 1 aliphatic rings. The topological polar surface area (TPSA) is 58.4 Å². The van der Waals surface area contributed by atoms with Gasteiger partial charge in [0.15, 0.2) is 0 Å². The molecule has 0 spiro atoms. The van der Waals surface area contributed by atoms with Crippen LogP contribution in [-0.2, 0) is 4.79 Å². The third-order valence-electron chi connectivity index (χ3n) is 2.95. The summed E-state index contributed by atoms with van der Waals surface area (Å²) in [5.74, 6) is 5.74. The molecule has 1 rings (SSSR count). The maximum absolute atomic E-state index is 11.2. The highest BCUT2D eigenvalue weighted by molar-refractivity contribution is 5.80. The molecule has 3 N–H and O–H groups in total. The Hall–Kier alpha value is -0.610. The fraction of sp³-hybridized carbons (Fsp3) is 0.889. The molecule has 0 aromatic carbocycles. The highest BCUT2D eigenvalue weighted by Crippen LogP contribution is 2.27. The summed E-state index contributed by atoms with van der Waals surface area (Å²) in [6.07, 6.45) is 3.96. The van der Waals surface area contributed by atoms with Crippen molar-refractivity contribution in [2.45, 2.75) is 32.2 Å². The van der Waals surface area contributed by atoms with Crippen LogP contribution in [0.3, 0.4) is 0 Å². The van der Waals surface area contributed by atoms with E-state index in [1.165, 1.54) is 19.3 Å². The lowest BCUT2D eigenvalue weighted by Gasteiger charge is -2.32. The van der Waals surface area contributed by atoms with Crippen LogP contribution in [0, 0.1) is 5.92 Å². The van der Waals surface area contributed by atoms with Crippen LogP contribution in [0.25, 0.3) is 0 Å². The first-order valence-electron chi connectivity index (χ1n) is 4.86. The Labute approximate surface area is 79.4 Å². The summed E-state index contributed by atoms with van der Waals surface area (Å²) < 4.78 is 0. The highest BCUT2D eigenvalue weighted by Gasteiger charge is 2.23. The molecule has 0 aromatic heterocycles. The summed E-state index contributed by atoms with van der Waals surface area (Å²) in [7, 11) is 1.97. The zero-order valence-corrected chi connectivity index (χ0v) is 8.42. The van der Waals surface area contributed by atoms with Crippen LogP contribution in [0.1, 0.15) is 26.2 Å². The molecule has 0 bridgehead atoms. The van der Waals surface area contributed by atoms with E-state index in [9.17, 15) is 4.79 Å². The van der Waals surface area contributed by atoms with E-state index < -0.39 is 0 Å². The molecule has 0 heterocycles. The van der Waals surface area contributed by atoms with Gasteiger partial charge in [-0.3, -0.25) is 15.1 Å². The minimum Gasteiger partial charge on any atom is -0.295 e. The number of carbonyl (C=O) groups is 1. The number of hydrazine groups is 1. The average molecular weight is 185 g/mol. The van der Waals surface area contributed by atoms with E-state index in [-0.39, 0.29) is 11.9 Å². The van der Waals surface area contributed by atoms with Crippen LogP contribution >= 0.6 is 0 Å². The molecule has 0 radical (unpaired) electrons. The lowest BCUT2D eigenvalue weighted by atomic mass is 9.85. The van der Waals surface area contributed by atoms with Crippen molar-refractivity contribution >= 4 is 5.91 Å². The second-order valence-corrected chi connectivity index (χ2v) is 3.92. The normalized spacial score (nSPS) is 19.7. The summed E-state index contributed by atoms with van der Waals surface area (Å²) in [6, 6.07) is -0.120. The monoisotopic (exact) mass is 185 g/mol. The first-order chi connectivity index (χ1) is 6.15. The fourth-order valence-electron chi connectivity index (χ4n) is 1.56. The number of hydrogen-bond donors (Lipinski definition) is 2. The predicted molar refractivity (Wildman–Crippen MR) is 51.8 cm³/mol. The van der Waals surface area contributed by atoms with Gasteiger partial charge >= 0.3 is 0 Å². The third-order valence-corrected chi connectivity index (χ3v) is 2.95. The standard InChI is InChI=1S/C9H19N3O/c1-7(9(13)11-10)12(2)6-8-4-3-5-8/h7-8H,3-6,10H2,1-2H3,(H,11,13). The molecule has 76 valence electrons. The molecule has 0 aromatic rings. The van der Waals surface area contributed by atoms with Crippen LogP contribution < -0.4 is 11.3 Å². The minimum absolute atomic E-state index is 0.109. The first-order valence-corrected chi connectivity index (χ1v) is 4.86. The second kappa shape index (κ2) is 4.58. The number of nitrogens with zero attached hydrogens (tertiary/aromatic N) is 1. The van der Waals surface area contributed by atoms with E-state index >= 15 is 0 Å². The zero-order valence-electron chi connectivity index (χ0n) is 8.42. The number of nitrogens with two attached hydrogens (primary N) is 1. The second-order valence-electron chi connectivity index (χ2n) is 3.92. The number of likely N-dealkylation sites (N-methyl/N-ethyl adjacent to an activating group) is 1.